The Morgan fingerprint density at radius 2 is 1.65 bits per heavy atom. The zero-order valence-corrected chi connectivity index (χ0v) is 12.4. The first-order valence-electron chi connectivity index (χ1n) is 6.86. The molecule has 0 unspecified atom stereocenters. The smallest absolute Gasteiger partial charge is 0.137 e. The summed E-state index contributed by atoms with van der Waals surface area (Å²) in [4.78, 5) is 4.60. The van der Waals surface area contributed by atoms with Crippen LogP contribution in [0.3, 0.4) is 0 Å². The summed E-state index contributed by atoms with van der Waals surface area (Å²) in [6, 6.07) is 12.0. The van der Waals surface area contributed by atoms with Crippen molar-refractivity contribution < 1.29 is 4.74 Å². The van der Waals surface area contributed by atoms with E-state index in [1.54, 1.807) is 7.11 Å². The van der Waals surface area contributed by atoms with Crippen molar-refractivity contribution >= 4 is 5.65 Å². The molecule has 0 saturated carbocycles. The molecule has 0 fully saturated rings. The van der Waals surface area contributed by atoms with Crippen molar-refractivity contribution in [1.82, 2.24) is 9.38 Å². The number of nitrogens with zero attached hydrogens (tertiary/aromatic N) is 2. The molecule has 3 aromatic rings. The molecule has 0 saturated heterocycles. The van der Waals surface area contributed by atoms with E-state index in [1.165, 1.54) is 5.56 Å². The van der Waals surface area contributed by atoms with E-state index in [2.05, 4.69) is 28.6 Å². The van der Waals surface area contributed by atoms with Gasteiger partial charge in [-0.25, -0.2) is 4.98 Å². The number of fused-ring (bicyclic) bond motifs is 1. The predicted molar refractivity (Wildman–Crippen MR) is 83.3 cm³/mol. The summed E-state index contributed by atoms with van der Waals surface area (Å²) in [6.07, 6.45) is 4.12. The van der Waals surface area contributed by atoms with Gasteiger partial charge in [-0.2, -0.15) is 0 Å². The zero-order valence-electron chi connectivity index (χ0n) is 12.4. The van der Waals surface area contributed by atoms with Crippen LogP contribution in [0.25, 0.3) is 16.9 Å². The molecule has 1 aromatic carbocycles. The first-order chi connectivity index (χ1) is 9.76. The van der Waals surface area contributed by atoms with Crippen molar-refractivity contribution in [3.63, 3.8) is 0 Å². The van der Waals surface area contributed by atoms with Crippen molar-refractivity contribution in [3.05, 3.63) is 54.4 Å². The summed E-state index contributed by atoms with van der Waals surface area (Å²) in [7, 11) is 1.67. The normalized spacial score (nSPS) is 10.0. The topological polar surface area (TPSA) is 26.5 Å². The molecular formula is C17H20N2O. The number of benzene rings is 1. The SMILES string of the molecule is CC.COc1ccc(-c2cn3cc(C)ccc3n2)cc1. The Morgan fingerprint density at radius 3 is 2.30 bits per heavy atom. The highest BCUT2D eigenvalue weighted by Crippen LogP contribution is 2.22. The Labute approximate surface area is 119 Å². The highest BCUT2D eigenvalue weighted by atomic mass is 16.5. The van der Waals surface area contributed by atoms with E-state index in [1.807, 2.05) is 50.4 Å². The van der Waals surface area contributed by atoms with Gasteiger partial charge < -0.3 is 9.14 Å². The summed E-state index contributed by atoms with van der Waals surface area (Å²) in [6.45, 7) is 6.08. The molecule has 3 heteroatoms. The largest absolute Gasteiger partial charge is 0.497 e. The lowest BCUT2D eigenvalue weighted by Gasteiger charge is -1.99. The van der Waals surface area contributed by atoms with Crippen LogP contribution in [-0.2, 0) is 0 Å². The number of rotatable bonds is 2. The summed E-state index contributed by atoms with van der Waals surface area (Å²) < 4.78 is 7.20. The molecule has 0 atom stereocenters. The van der Waals surface area contributed by atoms with Crippen LogP contribution in [0.2, 0.25) is 0 Å². The van der Waals surface area contributed by atoms with Crippen LogP contribution in [0.1, 0.15) is 19.4 Å². The fourth-order valence-electron chi connectivity index (χ4n) is 2.00. The minimum absolute atomic E-state index is 0.860. The third-order valence-corrected chi connectivity index (χ3v) is 2.98. The maximum Gasteiger partial charge on any atom is 0.137 e. The van der Waals surface area contributed by atoms with Gasteiger partial charge in [0.25, 0.3) is 0 Å². The molecular weight excluding hydrogens is 248 g/mol. The van der Waals surface area contributed by atoms with Crippen LogP contribution in [-0.4, -0.2) is 16.5 Å². The van der Waals surface area contributed by atoms with E-state index in [-0.39, 0.29) is 0 Å². The molecule has 0 amide bonds. The molecule has 0 spiro atoms. The molecule has 2 aromatic heterocycles. The number of ether oxygens (including phenoxy) is 1. The van der Waals surface area contributed by atoms with E-state index in [0.717, 1.165) is 22.7 Å². The van der Waals surface area contributed by atoms with Crippen molar-refractivity contribution in [1.29, 1.82) is 0 Å². The van der Waals surface area contributed by atoms with Gasteiger partial charge in [-0.3, -0.25) is 0 Å². The highest BCUT2D eigenvalue weighted by molar-refractivity contribution is 5.63. The number of aromatic nitrogens is 2. The molecule has 20 heavy (non-hydrogen) atoms. The van der Waals surface area contributed by atoms with Crippen molar-refractivity contribution in [2.75, 3.05) is 7.11 Å². The summed E-state index contributed by atoms with van der Waals surface area (Å²) in [5.74, 6) is 0.860. The standard InChI is InChI=1S/C15H14N2O.C2H6/c1-11-3-8-15-16-14(10-17(15)9-11)12-4-6-13(18-2)7-5-12;1-2/h3-10H,1-2H3;1-2H3. The van der Waals surface area contributed by atoms with Gasteiger partial charge in [0.1, 0.15) is 11.4 Å². The molecule has 0 aliphatic heterocycles. The molecule has 0 radical (unpaired) electrons. The van der Waals surface area contributed by atoms with Crippen LogP contribution in [0.5, 0.6) is 5.75 Å². The Bertz CT molecular complexity index is 684. The third-order valence-electron chi connectivity index (χ3n) is 2.98. The van der Waals surface area contributed by atoms with Gasteiger partial charge in [0.05, 0.1) is 12.8 Å². The van der Waals surface area contributed by atoms with E-state index in [4.69, 9.17) is 4.74 Å². The summed E-state index contributed by atoms with van der Waals surface area (Å²) in [5.41, 5.74) is 4.26. The van der Waals surface area contributed by atoms with Gasteiger partial charge in [0.15, 0.2) is 0 Å². The van der Waals surface area contributed by atoms with E-state index in [9.17, 15) is 0 Å². The van der Waals surface area contributed by atoms with Gasteiger partial charge in [-0.15, -0.1) is 0 Å². The third kappa shape index (κ3) is 2.82. The number of hydrogen-bond acceptors (Lipinski definition) is 2. The zero-order chi connectivity index (χ0) is 14.5. The Hall–Kier alpha value is -2.29. The highest BCUT2D eigenvalue weighted by Gasteiger charge is 2.04. The average molecular weight is 268 g/mol. The van der Waals surface area contributed by atoms with Gasteiger partial charge >= 0.3 is 0 Å². The van der Waals surface area contributed by atoms with Crippen molar-refractivity contribution in [2.24, 2.45) is 0 Å². The molecule has 0 aliphatic rings. The van der Waals surface area contributed by atoms with Gasteiger partial charge in [-0.1, -0.05) is 19.9 Å². The fourth-order valence-corrected chi connectivity index (χ4v) is 2.00. The minimum Gasteiger partial charge on any atom is -0.497 e. The van der Waals surface area contributed by atoms with Gasteiger partial charge in [0, 0.05) is 18.0 Å². The molecule has 3 rings (SSSR count). The molecule has 0 aliphatic carbocycles. The first kappa shape index (κ1) is 14.1. The fraction of sp³-hybridized carbons (Fsp3) is 0.235. The minimum atomic E-state index is 0.860. The van der Waals surface area contributed by atoms with Crippen molar-refractivity contribution in [2.45, 2.75) is 20.8 Å². The maximum absolute atomic E-state index is 5.15. The molecule has 2 heterocycles. The van der Waals surface area contributed by atoms with Crippen LogP contribution < -0.4 is 4.74 Å². The van der Waals surface area contributed by atoms with Gasteiger partial charge in [-0.05, 0) is 42.8 Å². The second kappa shape index (κ2) is 6.24. The Kier molecular flexibility index (Phi) is 4.41. The molecule has 0 N–H and O–H groups in total. The van der Waals surface area contributed by atoms with E-state index in [0.29, 0.717) is 0 Å². The van der Waals surface area contributed by atoms with Crippen molar-refractivity contribution in [3.8, 4) is 17.0 Å². The second-order valence-electron chi connectivity index (χ2n) is 4.33. The second-order valence-corrected chi connectivity index (χ2v) is 4.33. The van der Waals surface area contributed by atoms with Crippen LogP contribution in [0, 0.1) is 6.92 Å². The number of imidazole rings is 1. The number of hydrogen-bond donors (Lipinski definition) is 0. The molecule has 0 bridgehead atoms. The summed E-state index contributed by atoms with van der Waals surface area (Å²) >= 11 is 0. The quantitative estimate of drug-likeness (QED) is 0.691. The monoisotopic (exact) mass is 268 g/mol. The average Bonchev–Trinajstić information content (AvgIpc) is 2.92. The number of methoxy groups -OCH3 is 1. The predicted octanol–water partition coefficient (Wildman–Crippen LogP) is 4.34. The van der Waals surface area contributed by atoms with E-state index >= 15 is 0 Å². The number of pyridine rings is 1. The molecule has 104 valence electrons. The van der Waals surface area contributed by atoms with Crippen LogP contribution >= 0.6 is 0 Å². The number of aryl methyl sites for hydroxylation is 1. The van der Waals surface area contributed by atoms with Crippen LogP contribution in [0.4, 0.5) is 0 Å². The Morgan fingerprint density at radius 1 is 0.950 bits per heavy atom. The lowest BCUT2D eigenvalue weighted by molar-refractivity contribution is 0.415. The first-order valence-corrected chi connectivity index (χ1v) is 6.86. The summed E-state index contributed by atoms with van der Waals surface area (Å²) in [5, 5.41) is 0. The Balaban J connectivity index is 0.000000704. The van der Waals surface area contributed by atoms with E-state index < -0.39 is 0 Å². The molecule has 3 nitrogen and oxygen atoms in total. The maximum atomic E-state index is 5.15. The van der Waals surface area contributed by atoms with Gasteiger partial charge in [0.2, 0.25) is 0 Å². The lowest BCUT2D eigenvalue weighted by Crippen LogP contribution is -1.82. The lowest BCUT2D eigenvalue weighted by atomic mass is 10.2. The van der Waals surface area contributed by atoms with Crippen LogP contribution in [0.15, 0.2) is 48.8 Å².